The van der Waals surface area contributed by atoms with Crippen molar-refractivity contribution in [2.75, 3.05) is 34.4 Å². The Kier molecular flexibility index (Phi) is 9.06. The third-order valence-corrected chi connectivity index (χ3v) is 3.12. The molecule has 0 bridgehead atoms. The molecule has 2 atom stereocenters. The van der Waals surface area contributed by atoms with Crippen molar-refractivity contribution < 1.29 is 4.74 Å². The van der Waals surface area contributed by atoms with Gasteiger partial charge in [-0.05, 0) is 46.8 Å². The smallest absolute Gasteiger partial charge is 0.0615 e. The molecule has 0 heterocycles. The summed E-state index contributed by atoms with van der Waals surface area (Å²) < 4.78 is 5.14. The van der Waals surface area contributed by atoms with Crippen LogP contribution in [-0.4, -0.2) is 51.3 Å². The molecule has 0 aromatic heterocycles. The van der Waals surface area contributed by atoms with E-state index in [1.807, 2.05) is 7.05 Å². The number of hydrogen-bond acceptors (Lipinski definition) is 3. The zero-order valence-electron chi connectivity index (χ0n) is 11.0. The molecule has 3 heteroatoms. The van der Waals surface area contributed by atoms with Gasteiger partial charge in [0.1, 0.15) is 0 Å². The predicted molar refractivity (Wildman–Crippen MR) is 66.3 cm³/mol. The molecule has 0 aromatic carbocycles. The van der Waals surface area contributed by atoms with Crippen LogP contribution in [0.25, 0.3) is 0 Å². The average molecular weight is 216 g/mol. The van der Waals surface area contributed by atoms with Crippen molar-refractivity contribution in [1.82, 2.24) is 10.2 Å². The molecule has 0 aromatic rings. The monoisotopic (exact) mass is 216 g/mol. The van der Waals surface area contributed by atoms with Gasteiger partial charge in [0.2, 0.25) is 0 Å². The summed E-state index contributed by atoms with van der Waals surface area (Å²) in [4.78, 5) is 2.37. The molecule has 0 aliphatic heterocycles. The standard InChI is InChI=1S/C12H28N2O/c1-6-12(13-3)8-7-9-14(4)11(2)10-15-5/h11-13H,6-10H2,1-5H3. The highest BCUT2D eigenvalue weighted by Crippen LogP contribution is 2.04. The Bertz CT molecular complexity index is 138. The van der Waals surface area contributed by atoms with Gasteiger partial charge >= 0.3 is 0 Å². The van der Waals surface area contributed by atoms with Crippen LogP contribution < -0.4 is 5.32 Å². The molecule has 0 saturated heterocycles. The first-order chi connectivity index (χ1) is 7.15. The molecule has 15 heavy (non-hydrogen) atoms. The minimum atomic E-state index is 0.518. The van der Waals surface area contributed by atoms with Crippen molar-refractivity contribution in [3.63, 3.8) is 0 Å². The molecular weight excluding hydrogens is 188 g/mol. The average Bonchev–Trinajstić information content (AvgIpc) is 2.24. The molecule has 0 spiro atoms. The second-order valence-corrected chi connectivity index (χ2v) is 4.32. The summed E-state index contributed by atoms with van der Waals surface area (Å²) in [5, 5.41) is 3.34. The van der Waals surface area contributed by atoms with Crippen molar-refractivity contribution in [3.05, 3.63) is 0 Å². The van der Waals surface area contributed by atoms with Crippen LogP contribution >= 0.6 is 0 Å². The zero-order chi connectivity index (χ0) is 11.7. The van der Waals surface area contributed by atoms with Crippen LogP contribution in [0.2, 0.25) is 0 Å². The first kappa shape index (κ1) is 14.9. The lowest BCUT2D eigenvalue weighted by atomic mass is 10.1. The van der Waals surface area contributed by atoms with Crippen molar-refractivity contribution >= 4 is 0 Å². The van der Waals surface area contributed by atoms with Crippen LogP contribution in [0, 0.1) is 0 Å². The normalized spacial score (nSPS) is 15.6. The van der Waals surface area contributed by atoms with Crippen LogP contribution in [0.3, 0.4) is 0 Å². The third kappa shape index (κ3) is 6.88. The Balaban J connectivity index is 3.57. The van der Waals surface area contributed by atoms with E-state index < -0.39 is 0 Å². The van der Waals surface area contributed by atoms with E-state index in [-0.39, 0.29) is 0 Å². The number of hydrogen-bond donors (Lipinski definition) is 1. The molecule has 3 nitrogen and oxygen atoms in total. The van der Waals surface area contributed by atoms with Crippen molar-refractivity contribution in [3.8, 4) is 0 Å². The van der Waals surface area contributed by atoms with Gasteiger partial charge in [0, 0.05) is 19.2 Å². The summed E-state index contributed by atoms with van der Waals surface area (Å²) in [6.07, 6.45) is 3.73. The van der Waals surface area contributed by atoms with Gasteiger partial charge in [-0.2, -0.15) is 0 Å². The number of ether oxygens (including phenoxy) is 1. The fourth-order valence-electron chi connectivity index (χ4n) is 1.73. The third-order valence-electron chi connectivity index (χ3n) is 3.12. The summed E-state index contributed by atoms with van der Waals surface area (Å²) in [7, 11) is 5.98. The van der Waals surface area contributed by atoms with Gasteiger partial charge in [-0.3, -0.25) is 0 Å². The van der Waals surface area contributed by atoms with Gasteiger partial charge in [-0.15, -0.1) is 0 Å². The van der Waals surface area contributed by atoms with Gasteiger partial charge in [-0.1, -0.05) is 6.92 Å². The van der Waals surface area contributed by atoms with Crippen molar-refractivity contribution in [2.24, 2.45) is 0 Å². The zero-order valence-corrected chi connectivity index (χ0v) is 11.0. The van der Waals surface area contributed by atoms with Gasteiger partial charge in [0.05, 0.1) is 6.61 Å². The first-order valence-corrected chi connectivity index (χ1v) is 6.02. The Morgan fingerprint density at radius 1 is 1.40 bits per heavy atom. The number of nitrogens with one attached hydrogen (secondary N) is 1. The number of methoxy groups -OCH3 is 1. The summed E-state index contributed by atoms with van der Waals surface area (Å²) in [5.41, 5.74) is 0. The Hall–Kier alpha value is -0.120. The second kappa shape index (κ2) is 9.13. The number of likely N-dealkylation sites (N-methyl/N-ethyl adjacent to an activating group) is 1. The Morgan fingerprint density at radius 3 is 2.53 bits per heavy atom. The number of nitrogens with zero attached hydrogens (tertiary/aromatic N) is 1. The van der Waals surface area contributed by atoms with E-state index in [1.165, 1.54) is 19.3 Å². The Morgan fingerprint density at radius 2 is 2.07 bits per heavy atom. The molecule has 2 unspecified atom stereocenters. The highest BCUT2D eigenvalue weighted by Gasteiger charge is 2.09. The molecule has 0 aliphatic rings. The maximum absolute atomic E-state index is 5.14. The van der Waals surface area contributed by atoms with Crippen LogP contribution in [0.15, 0.2) is 0 Å². The molecular formula is C12H28N2O. The van der Waals surface area contributed by atoms with E-state index in [0.29, 0.717) is 12.1 Å². The van der Waals surface area contributed by atoms with Gasteiger partial charge < -0.3 is 15.0 Å². The molecule has 1 N–H and O–H groups in total. The van der Waals surface area contributed by atoms with Crippen LogP contribution in [0.4, 0.5) is 0 Å². The topological polar surface area (TPSA) is 24.5 Å². The summed E-state index contributed by atoms with van der Waals surface area (Å²) >= 11 is 0. The van der Waals surface area contributed by atoms with Crippen molar-refractivity contribution in [2.45, 2.75) is 45.2 Å². The molecule has 0 aliphatic carbocycles. The SMILES string of the molecule is CCC(CCCN(C)C(C)COC)NC. The van der Waals surface area contributed by atoms with E-state index in [1.54, 1.807) is 7.11 Å². The lowest BCUT2D eigenvalue weighted by molar-refractivity contribution is 0.114. The lowest BCUT2D eigenvalue weighted by Crippen LogP contribution is -2.34. The van der Waals surface area contributed by atoms with Crippen molar-refractivity contribution in [1.29, 1.82) is 0 Å². The van der Waals surface area contributed by atoms with E-state index in [0.717, 1.165) is 13.2 Å². The van der Waals surface area contributed by atoms with Gasteiger partial charge in [-0.25, -0.2) is 0 Å². The fraction of sp³-hybridized carbons (Fsp3) is 1.00. The van der Waals surface area contributed by atoms with Gasteiger partial charge in [0.25, 0.3) is 0 Å². The maximum atomic E-state index is 5.14. The first-order valence-electron chi connectivity index (χ1n) is 6.02. The predicted octanol–water partition coefficient (Wildman–Crippen LogP) is 1.73. The summed E-state index contributed by atoms with van der Waals surface area (Å²) in [6, 6.07) is 1.20. The van der Waals surface area contributed by atoms with Crippen LogP contribution in [0.1, 0.15) is 33.1 Å². The van der Waals surface area contributed by atoms with Gasteiger partial charge in [0.15, 0.2) is 0 Å². The van der Waals surface area contributed by atoms with E-state index in [2.05, 4.69) is 31.1 Å². The lowest BCUT2D eigenvalue weighted by Gasteiger charge is -2.24. The molecule has 0 radical (unpaired) electrons. The fourth-order valence-corrected chi connectivity index (χ4v) is 1.73. The molecule has 92 valence electrons. The molecule has 0 saturated carbocycles. The highest BCUT2D eigenvalue weighted by atomic mass is 16.5. The quantitative estimate of drug-likeness (QED) is 0.635. The maximum Gasteiger partial charge on any atom is 0.0615 e. The molecule has 0 fully saturated rings. The summed E-state index contributed by atoms with van der Waals surface area (Å²) in [6.45, 7) is 6.42. The minimum Gasteiger partial charge on any atom is -0.383 e. The second-order valence-electron chi connectivity index (χ2n) is 4.32. The van der Waals surface area contributed by atoms with E-state index >= 15 is 0 Å². The minimum absolute atomic E-state index is 0.518. The largest absolute Gasteiger partial charge is 0.383 e. The van der Waals surface area contributed by atoms with Crippen LogP contribution in [0.5, 0.6) is 0 Å². The van der Waals surface area contributed by atoms with E-state index in [9.17, 15) is 0 Å². The number of rotatable bonds is 9. The van der Waals surface area contributed by atoms with Crippen LogP contribution in [-0.2, 0) is 4.74 Å². The Labute approximate surface area is 95.2 Å². The summed E-state index contributed by atoms with van der Waals surface area (Å²) in [5.74, 6) is 0. The van der Waals surface area contributed by atoms with E-state index in [4.69, 9.17) is 4.74 Å². The molecule has 0 amide bonds. The molecule has 0 rings (SSSR count). The highest BCUT2D eigenvalue weighted by molar-refractivity contribution is 4.66.